The maximum absolute atomic E-state index is 12.7. The number of hydrogen-bond donors (Lipinski definition) is 0. The van der Waals surface area contributed by atoms with E-state index in [0.29, 0.717) is 10.6 Å². The van der Waals surface area contributed by atoms with Crippen LogP contribution in [-0.2, 0) is 19.1 Å². The van der Waals surface area contributed by atoms with E-state index in [0.717, 1.165) is 15.8 Å². The Morgan fingerprint density at radius 1 is 1.03 bits per heavy atom. The van der Waals surface area contributed by atoms with Crippen LogP contribution in [0.1, 0.15) is 13.8 Å². The highest BCUT2D eigenvalue weighted by atomic mass is 79.9. The molecule has 0 N–H and O–H groups in total. The van der Waals surface area contributed by atoms with Crippen molar-refractivity contribution in [2.24, 2.45) is 5.10 Å². The van der Waals surface area contributed by atoms with Crippen molar-refractivity contribution in [3.8, 4) is 0 Å². The monoisotopic (exact) mass is 533 g/mol. The van der Waals surface area contributed by atoms with E-state index in [-0.39, 0.29) is 11.7 Å². The molecule has 2 heterocycles. The zero-order chi connectivity index (χ0) is 22.9. The molecule has 166 valence electrons. The Labute approximate surface area is 202 Å². The summed E-state index contributed by atoms with van der Waals surface area (Å²) in [6.45, 7) is 3.86. The summed E-state index contributed by atoms with van der Waals surface area (Å²) in [6.07, 6.45) is 0. The zero-order valence-corrected chi connectivity index (χ0v) is 20.8. The fourth-order valence-electron chi connectivity index (χ4n) is 3.41. The first-order valence-electron chi connectivity index (χ1n) is 9.75. The van der Waals surface area contributed by atoms with Crippen molar-refractivity contribution in [2.75, 3.05) is 23.6 Å². The zero-order valence-electron chi connectivity index (χ0n) is 17.6. The Bertz CT molecular complexity index is 1110. The molecule has 7 nitrogen and oxygen atoms in total. The number of allylic oxidation sites excluding steroid dienone is 1. The molecule has 1 atom stereocenters. The molecular formula is C22H20BrN3O4S2. The van der Waals surface area contributed by atoms with Crippen LogP contribution in [0.2, 0.25) is 0 Å². The van der Waals surface area contributed by atoms with Crippen molar-refractivity contribution in [3.05, 3.63) is 69.7 Å². The summed E-state index contributed by atoms with van der Waals surface area (Å²) in [5.41, 5.74) is 2.32. The van der Waals surface area contributed by atoms with E-state index >= 15 is 0 Å². The van der Waals surface area contributed by atoms with Crippen LogP contribution in [0, 0.1) is 0 Å². The number of anilines is 2. The molecule has 0 saturated carbocycles. The van der Waals surface area contributed by atoms with E-state index in [4.69, 9.17) is 9.47 Å². The van der Waals surface area contributed by atoms with Gasteiger partial charge < -0.3 is 14.4 Å². The Balaban J connectivity index is 1.89. The number of rotatable bonds is 5. The van der Waals surface area contributed by atoms with E-state index in [1.807, 2.05) is 66.4 Å². The number of esters is 2. The van der Waals surface area contributed by atoms with Crippen LogP contribution >= 0.6 is 39.5 Å². The van der Waals surface area contributed by atoms with Gasteiger partial charge in [-0.2, -0.15) is 5.10 Å². The lowest BCUT2D eigenvalue weighted by molar-refractivity contribution is -0.135. The minimum Gasteiger partial charge on any atom is -0.465 e. The van der Waals surface area contributed by atoms with Crippen LogP contribution in [0.15, 0.2) is 74.8 Å². The number of halogens is 1. The fourth-order valence-corrected chi connectivity index (χ4v) is 6.65. The fraction of sp³-hybridized carbons (Fsp3) is 0.227. The van der Waals surface area contributed by atoms with Gasteiger partial charge in [-0.25, -0.2) is 14.6 Å². The topological polar surface area (TPSA) is 71.4 Å². The molecule has 10 heteroatoms. The highest BCUT2D eigenvalue weighted by Crippen LogP contribution is 2.60. The van der Waals surface area contributed by atoms with E-state index < -0.39 is 16.3 Å². The minimum absolute atomic E-state index is 0.210. The molecular weight excluding hydrogens is 514 g/mol. The molecule has 2 aliphatic rings. The van der Waals surface area contributed by atoms with Gasteiger partial charge in [0, 0.05) is 15.9 Å². The number of thioether (sulfide) groups is 2. The predicted octanol–water partition coefficient (Wildman–Crippen LogP) is 5.15. The lowest BCUT2D eigenvalue weighted by Gasteiger charge is -2.41. The summed E-state index contributed by atoms with van der Waals surface area (Å²) in [6, 6.07) is 17.3. The van der Waals surface area contributed by atoms with E-state index in [1.54, 1.807) is 11.9 Å². The number of hydrazone groups is 1. The average Bonchev–Trinajstić information content (AvgIpc) is 3.32. The molecule has 2 aromatic carbocycles. The SMILES string of the molecule is CCOC(=O)C1=NN(c2ccc(Br)cc2)[C@@]2(S1)SC(C(=O)OC)=C(C)N2c1ccccc1. The first-order chi connectivity index (χ1) is 15.4. The number of nitrogens with zero attached hydrogens (tertiary/aromatic N) is 3. The molecule has 32 heavy (non-hydrogen) atoms. The number of carbonyl (C=O) groups excluding carboxylic acids is 2. The van der Waals surface area contributed by atoms with Crippen LogP contribution in [0.3, 0.4) is 0 Å². The lowest BCUT2D eigenvalue weighted by atomic mass is 10.2. The Morgan fingerprint density at radius 3 is 2.34 bits per heavy atom. The van der Waals surface area contributed by atoms with Gasteiger partial charge in [0.2, 0.25) is 9.37 Å². The number of benzene rings is 2. The number of para-hydroxylation sites is 1. The second-order valence-corrected chi connectivity index (χ2v) is 10.3. The van der Waals surface area contributed by atoms with E-state index in [2.05, 4.69) is 21.0 Å². The smallest absolute Gasteiger partial charge is 0.365 e. The van der Waals surface area contributed by atoms with Gasteiger partial charge in [0.25, 0.3) is 0 Å². The van der Waals surface area contributed by atoms with Gasteiger partial charge in [0.1, 0.15) is 4.91 Å². The Kier molecular flexibility index (Phi) is 6.55. The standard InChI is InChI=1S/C22H20BrN3O4S2/c1-4-30-21(28)19-24-26(17-12-10-15(23)11-13-17)22(32-19)25(16-8-6-5-7-9-16)14(2)18(31-22)20(27)29-3/h5-13H,4H2,1-3H3/t22-/m1/s1. The summed E-state index contributed by atoms with van der Waals surface area (Å²) in [4.78, 5) is 27.8. The number of ether oxygens (including phenoxy) is 2. The van der Waals surface area contributed by atoms with Gasteiger partial charge >= 0.3 is 11.9 Å². The van der Waals surface area contributed by atoms with Gasteiger partial charge in [-0.15, -0.1) is 0 Å². The minimum atomic E-state index is -0.995. The molecule has 2 aromatic rings. The van der Waals surface area contributed by atoms with Gasteiger partial charge in [-0.05, 0) is 62.0 Å². The van der Waals surface area contributed by atoms with Crippen molar-refractivity contribution >= 4 is 67.8 Å². The highest BCUT2D eigenvalue weighted by Gasteiger charge is 2.58. The van der Waals surface area contributed by atoms with Gasteiger partial charge in [-0.3, -0.25) is 0 Å². The summed E-state index contributed by atoms with van der Waals surface area (Å²) in [7, 11) is 1.36. The van der Waals surface area contributed by atoms with Gasteiger partial charge in [0.05, 0.1) is 19.4 Å². The van der Waals surface area contributed by atoms with Crippen LogP contribution in [0.4, 0.5) is 11.4 Å². The normalized spacial score (nSPS) is 20.1. The molecule has 0 aromatic heterocycles. The van der Waals surface area contributed by atoms with Crippen LogP contribution in [0.5, 0.6) is 0 Å². The summed E-state index contributed by atoms with van der Waals surface area (Å²) in [5.74, 6) is -0.944. The average molecular weight is 534 g/mol. The van der Waals surface area contributed by atoms with Crippen molar-refractivity contribution in [1.82, 2.24) is 0 Å². The largest absolute Gasteiger partial charge is 0.465 e. The van der Waals surface area contributed by atoms with Gasteiger partial charge in [-0.1, -0.05) is 45.9 Å². The third-order valence-electron chi connectivity index (χ3n) is 4.78. The molecule has 0 fully saturated rings. The Hall–Kier alpha value is -2.43. The summed E-state index contributed by atoms with van der Waals surface area (Å²) >= 11 is 6.00. The maximum Gasteiger partial charge on any atom is 0.365 e. The van der Waals surface area contributed by atoms with Crippen molar-refractivity contribution in [3.63, 3.8) is 0 Å². The highest BCUT2D eigenvalue weighted by molar-refractivity contribution is 9.10. The second kappa shape index (κ2) is 9.21. The first kappa shape index (κ1) is 22.8. The maximum atomic E-state index is 12.7. The molecule has 2 aliphatic heterocycles. The molecule has 0 bridgehead atoms. The first-order valence-corrected chi connectivity index (χ1v) is 12.2. The molecule has 0 aliphatic carbocycles. The summed E-state index contributed by atoms with van der Waals surface area (Å²) < 4.78 is 10.2. The van der Waals surface area contributed by atoms with Gasteiger partial charge in [0.15, 0.2) is 0 Å². The molecule has 4 rings (SSSR count). The summed E-state index contributed by atoms with van der Waals surface area (Å²) in [5, 5.41) is 6.62. The van der Waals surface area contributed by atoms with E-state index in [9.17, 15) is 9.59 Å². The lowest BCUT2D eigenvalue weighted by Crippen LogP contribution is -2.49. The Morgan fingerprint density at radius 2 is 1.72 bits per heavy atom. The number of carbonyl (C=O) groups is 2. The van der Waals surface area contributed by atoms with Crippen molar-refractivity contribution in [1.29, 1.82) is 0 Å². The molecule has 0 radical (unpaired) electrons. The second-order valence-electron chi connectivity index (χ2n) is 6.74. The third-order valence-corrected chi connectivity index (χ3v) is 8.16. The van der Waals surface area contributed by atoms with Crippen molar-refractivity contribution < 1.29 is 19.1 Å². The van der Waals surface area contributed by atoms with Crippen LogP contribution < -0.4 is 9.91 Å². The van der Waals surface area contributed by atoms with Crippen molar-refractivity contribution in [2.45, 2.75) is 18.2 Å². The molecule has 1 spiro atoms. The van der Waals surface area contributed by atoms with E-state index in [1.165, 1.54) is 30.6 Å². The quantitative estimate of drug-likeness (QED) is 0.488. The van der Waals surface area contributed by atoms with Crippen LogP contribution in [-0.4, -0.2) is 35.0 Å². The number of methoxy groups -OCH3 is 1. The molecule has 0 amide bonds. The molecule has 0 unspecified atom stereocenters. The molecule has 0 saturated heterocycles. The third kappa shape index (κ3) is 3.91. The van der Waals surface area contributed by atoms with Crippen LogP contribution in [0.25, 0.3) is 0 Å². The number of hydrogen-bond acceptors (Lipinski definition) is 9. The predicted molar refractivity (Wildman–Crippen MR) is 132 cm³/mol.